The smallest absolute Gasteiger partial charge is 0.258 e. The predicted molar refractivity (Wildman–Crippen MR) is 88.2 cm³/mol. The average molecular weight is 333 g/mol. The van der Waals surface area contributed by atoms with E-state index in [1.807, 2.05) is 6.07 Å². The molecule has 2 aromatic rings. The third-order valence-electron chi connectivity index (χ3n) is 3.52. The Labute approximate surface area is 139 Å². The molecule has 0 radical (unpaired) electrons. The molecule has 2 rings (SSSR count). The lowest BCUT2D eigenvalue weighted by Gasteiger charge is -2.29. The van der Waals surface area contributed by atoms with Crippen LogP contribution in [0, 0.1) is 0 Å². The van der Waals surface area contributed by atoms with Crippen molar-refractivity contribution >= 4 is 23.4 Å². The Kier molecular flexibility index (Phi) is 5.24. The molecule has 1 atom stereocenters. The molecule has 0 aliphatic heterocycles. The number of phenolic OH excluding ortho intramolecular Hbond substituents is 1. The highest BCUT2D eigenvalue weighted by molar-refractivity contribution is 6.30. The van der Waals surface area contributed by atoms with Gasteiger partial charge in [0.25, 0.3) is 5.91 Å². The van der Waals surface area contributed by atoms with E-state index in [1.54, 1.807) is 37.3 Å². The van der Waals surface area contributed by atoms with Gasteiger partial charge < -0.3 is 15.7 Å². The minimum atomic E-state index is -0.636. The van der Waals surface area contributed by atoms with Gasteiger partial charge in [-0.1, -0.05) is 35.9 Å². The van der Waals surface area contributed by atoms with Gasteiger partial charge in [-0.3, -0.25) is 9.59 Å². The van der Waals surface area contributed by atoms with Gasteiger partial charge in [0.15, 0.2) is 0 Å². The van der Waals surface area contributed by atoms with Gasteiger partial charge in [0.2, 0.25) is 5.91 Å². The van der Waals surface area contributed by atoms with Crippen LogP contribution in [0.1, 0.15) is 28.9 Å². The maximum Gasteiger partial charge on any atom is 0.258 e. The molecule has 0 saturated carbocycles. The van der Waals surface area contributed by atoms with Gasteiger partial charge in [-0.25, -0.2) is 0 Å². The molecular weight excluding hydrogens is 316 g/mol. The second-order valence-electron chi connectivity index (χ2n) is 5.15. The Balaban J connectivity index is 2.39. The molecule has 120 valence electrons. The standard InChI is InChI=1S/C17H17ClN2O3/c1-11(12-5-4-6-13(18)9-12)20(10-16(19)22)17(23)14-7-2-3-8-15(14)21/h2-9,11,21H,10H2,1H3,(H2,19,22). The van der Waals surface area contributed by atoms with Crippen molar-refractivity contribution in [2.45, 2.75) is 13.0 Å². The summed E-state index contributed by atoms with van der Waals surface area (Å²) < 4.78 is 0. The van der Waals surface area contributed by atoms with Crippen LogP contribution in [0.4, 0.5) is 0 Å². The zero-order valence-corrected chi connectivity index (χ0v) is 13.3. The summed E-state index contributed by atoms with van der Waals surface area (Å²) >= 11 is 5.99. The molecule has 1 unspecified atom stereocenters. The summed E-state index contributed by atoms with van der Waals surface area (Å²) in [5.74, 6) is -1.26. The Bertz CT molecular complexity index is 733. The average Bonchev–Trinajstić information content (AvgIpc) is 2.51. The van der Waals surface area contributed by atoms with Gasteiger partial charge in [-0.2, -0.15) is 0 Å². The van der Waals surface area contributed by atoms with Gasteiger partial charge in [0.05, 0.1) is 11.6 Å². The number of phenols is 1. The van der Waals surface area contributed by atoms with E-state index in [4.69, 9.17) is 17.3 Å². The molecule has 5 nitrogen and oxygen atoms in total. The molecule has 23 heavy (non-hydrogen) atoms. The lowest BCUT2D eigenvalue weighted by molar-refractivity contribution is -0.119. The SMILES string of the molecule is CC(c1cccc(Cl)c1)N(CC(N)=O)C(=O)c1ccccc1O. The quantitative estimate of drug-likeness (QED) is 0.883. The van der Waals surface area contributed by atoms with Gasteiger partial charge >= 0.3 is 0 Å². The number of amides is 2. The van der Waals surface area contributed by atoms with Crippen LogP contribution < -0.4 is 5.73 Å². The monoisotopic (exact) mass is 332 g/mol. The maximum absolute atomic E-state index is 12.7. The number of rotatable bonds is 5. The van der Waals surface area contributed by atoms with Crippen LogP contribution in [0.2, 0.25) is 5.02 Å². The first-order valence-electron chi connectivity index (χ1n) is 7.03. The van der Waals surface area contributed by atoms with Crippen molar-refractivity contribution in [3.8, 4) is 5.75 Å². The number of nitrogens with two attached hydrogens (primary N) is 1. The molecule has 6 heteroatoms. The highest BCUT2D eigenvalue weighted by Gasteiger charge is 2.26. The van der Waals surface area contributed by atoms with Crippen molar-refractivity contribution in [2.75, 3.05) is 6.54 Å². The zero-order valence-electron chi connectivity index (χ0n) is 12.6. The third-order valence-corrected chi connectivity index (χ3v) is 3.76. The van der Waals surface area contributed by atoms with Crippen LogP contribution in [0.3, 0.4) is 0 Å². The fraction of sp³-hybridized carbons (Fsp3) is 0.176. The van der Waals surface area contributed by atoms with Crippen LogP contribution in [0.25, 0.3) is 0 Å². The van der Waals surface area contributed by atoms with E-state index in [1.165, 1.54) is 17.0 Å². The number of primary amides is 1. The van der Waals surface area contributed by atoms with Gasteiger partial charge in [0.1, 0.15) is 12.3 Å². The molecule has 0 fully saturated rings. The molecule has 0 aliphatic carbocycles. The fourth-order valence-corrected chi connectivity index (χ4v) is 2.51. The van der Waals surface area contributed by atoms with E-state index >= 15 is 0 Å². The first kappa shape index (κ1) is 16.8. The molecule has 0 bridgehead atoms. The number of carbonyl (C=O) groups excluding carboxylic acids is 2. The van der Waals surface area contributed by atoms with Crippen molar-refractivity contribution in [3.05, 3.63) is 64.7 Å². The minimum Gasteiger partial charge on any atom is -0.507 e. The minimum absolute atomic E-state index is 0.114. The molecule has 0 saturated heterocycles. The number of nitrogens with zero attached hydrogens (tertiary/aromatic N) is 1. The number of benzene rings is 2. The van der Waals surface area contributed by atoms with Crippen molar-refractivity contribution in [2.24, 2.45) is 5.73 Å². The van der Waals surface area contributed by atoms with Crippen LogP contribution in [-0.4, -0.2) is 28.4 Å². The van der Waals surface area contributed by atoms with E-state index in [0.29, 0.717) is 5.02 Å². The summed E-state index contributed by atoms with van der Waals surface area (Å²) in [7, 11) is 0. The fourth-order valence-electron chi connectivity index (χ4n) is 2.31. The Morgan fingerprint density at radius 2 is 1.91 bits per heavy atom. The second kappa shape index (κ2) is 7.15. The Morgan fingerprint density at radius 3 is 2.52 bits per heavy atom. The van der Waals surface area contributed by atoms with Crippen LogP contribution in [0.5, 0.6) is 5.75 Å². The summed E-state index contributed by atoms with van der Waals surface area (Å²) in [5, 5.41) is 10.4. The molecule has 0 heterocycles. The summed E-state index contributed by atoms with van der Waals surface area (Å²) in [5.41, 5.74) is 6.15. The van der Waals surface area contributed by atoms with Gasteiger partial charge in [0, 0.05) is 5.02 Å². The molecule has 0 aliphatic rings. The van der Waals surface area contributed by atoms with Crippen molar-refractivity contribution in [1.82, 2.24) is 4.90 Å². The molecule has 0 aromatic heterocycles. The second-order valence-corrected chi connectivity index (χ2v) is 5.58. The topological polar surface area (TPSA) is 83.6 Å². The Hall–Kier alpha value is -2.53. The van der Waals surface area contributed by atoms with Gasteiger partial charge in [-0.15, -0.1) is 0 Å². The summed E-state index contributed by atoms with van der Waals surface area (Å²) in [6, 6.07) is 12.7. The first-order chi connectivity index (χ1) is 10.9. The predicted octanol–water partition coefficient (Wildman–Crippen LogP) is 2.73. The summed E-state index contributed by atoms with van der Waals surface area (Å²) in [6.45, 7) is 1.51. The zero-order chi connectivity index (χ0) is 17.0. The molecule has 0 spiro atoms. The van der Waals surface area contributed by atoms with Crippen molar-refractivity contribution in [1.29, 1.82) is 0 Å². The lowest BCUT2D eigenvalue weighted by atomic mass is 10.0. The largest absolute Gasteiger partial charge is 0.507 e. The summed E-state index contributed by atoms with van der Waals surface area (Å²) in [6.07, 6.45) is 0. The number of carbonyl (C=O) groups is 2. The number of halogens is 1. The van der Waals surface area contributed by atoms with E-state index in [0.717, 1.165) is 5.56 Å². The highest BCUT2D eigenvalue weighted by Crippen LogP contribution is 2.26. The molecular formula is C17H17ClN2O3. The van der Waals surface area contributed by atoms with E-state index in [-0.39, 0.29) is 17.9 Å². The van der Waals surface area contributed by atoms with Crippen molar-refractivity contribution < 1.29 is 14.7 Å². The third kappa shape index (κ3) is 4.02. The van der Waals surface area contributed by atoms with Crippen LogP contribution >= 0.6 is 11.6 Å². The van der Waals surface area contributed by atoms with Crippen LogP contribution in [0.15, 0.2) is 48.5 Å². The number of aromatic hydroxyl groups is 1. The molecule has 2 aromatic carbocycles. The summed E-state index contributed by atoms with van der Waals surface area (Å²) in [4.78, 5) is 25.4. The normalized spacial score (nSPS) is 11.7. The van der Waals surface area contributed by atoms with E-state index < -0.39 is 17.9 Å². The molecule has 3 N–H and O–H groups in total. The highest BCUT2D eigenvalue weighted by atomic mass is 35.5. The lowest BCUT2D eigenvalue weighted by Crippen LogP contribution is -2.40. The first-order valence-corrected chi connectivity index (χ1v) is 7.40. The number of hydrogen-bond donors (Lipinski definition) is 2. The number of para-hydroxylation sites is 1. The Morgan fingerprint density at radius 1 is 1.22 bits per heavy atom. The van der Waals surface area contributed by atoms with E-state index in [9.17, 15) is 14.7 Å². The maximum atomic E-state index is 12.7. The van der Waals surface area contributed by atoms with E-state index in [2.05, 4.69) is 0 Å². The number of hydrogen-bond acceptors (Lipinski definition) is 3. The van der Waals surface area contributed by atoms with Crippen LogP contribution in [-0.2, 0) is 4.79 Å². The van der Waals surface area contributed by atoms with Crippen molar-refractivity contribution in [3.63, 3.8) is 0 Å². The molecule has 2 amide bonds. The van der Waals surface area contributed by atoms with Gasteiger partial charge in [-0.05, 0) is 36.8 Å².